The van der Waals surface area contributed by atoms with E-state index in [-0.39, 0.29) is 56.1 Å². The fraction of sp³-hybridized carbons (Fsp3) is 0.795. The highest BCUT2D eigenvalue weighted by Gasteiger charge is 2.55. The summed E-state index contributed by atoms with van der Waals surface area (Å²) in [5, 5.41) is 33.9. The minimum absolute atomic E-state index is 0.111. The predicted octanol–water partition coefficient (Wildman–Crippen LogP) is 6.14. The second-order valence-electron chi connectivity index (χ2n) is 15.6. The SMILES string of the molecule is C=C1C[C@@H]2C[C@@H]3CC(=C)C[C@H](/C=C/C(C)(C)[C@]4(O)O[C@@H](CC[C@@H]4OC(=O)CCCCCCC)C[C@H]([C@@H](C)O)OC(=O)C[C@H](O)C[C@H](C1)O2)O3. The molecule has 0 spiro atoms. The average Bonchev–Trinajstić information content (AvgIpc) is 3.00. The Morgan fingerprint density at radius 3 is 2.29 bits per heavy atom. The van der Waals surface area contributed by atoms with E-state index < -0.39 is 47.7 Å². The molecule has 10 atom stereocenters. The van der Waals surface area contributed by atoms with Gasteiger partial charge in [-0.05, 0) is 51.9 Å². The van der Waals surface area contributed by atoms with Crippen LogP contribution in [0.25, 0.3) is 0 Å². The first-order valence-electron chi connectivity index (χ1n) is 18.7. The summed E-state index contributed by atoms with van der Waals surface area (Å²) in [4.78, 5) is 26.0. The molecule has 278 valence electrons. The molecular formula is C39H62O10. The number of carbonyl (C=O) groups is 2. The van der Waals surface area contributed by atoms with Gasteiger partial charge in [-0.25, -0.2) is 0 Å². The highest BCUT2D eigenvalue weighted by molar-refractivity contribution is 5.70. The number of aliphatic hydroxyl groups is 3. The Morgan fingerprint density at radius 1 is 0.939 bits per heavy atom. The van der Waals surface area contributed by atoms with Gasteiger partial charge in [0.2, 0.25) is 5.79 Å². The number of hydrogen-bond acceptors (Lipinski definition) is 10. The van der Waals surface area contributed by atoms with Crippen LogP contribution in [0.1, 0.15) is 130 Å². The lowest BCUT2D eigenvalue weighted by atomic mass is 9.75. The Kier molecular flexibility index (Phi) is 14.5. The molecule has 0 amide bonds. The molecule has 3 N–H and O–H groups in total. The first-order valence-corrected chi connectivity index (χ1v) is 18.7. The van der Waals surface area contributed by atoms with Gasteiger partial charge in [-0.1, -0.05) is 82.9 Å². The number of aliphatic hydroxyl groups excluding tert-OH is 2. The molecular weight excluding hydrogens is 628 g/mol. The largest absolute Gasteiger partial charge is 0.459 e. The van der Waals surface area contributed by atoms with Crippen LogP contribution >= 0.6 is 0 Å². The molecule has 10 heteroatoms. The van der Waals surface area contributed by atoms with Crippen LogP contribution in [-0.2, 0) is 33.3 Å². The summed E-state index contributed by atoms with van der Waals surface area (Å²) >= 11 is 0. The summed E-state index contributed by atoms with van der Waals surface area (Å²) in [5.41, 5.74) is 1.05. The maximum Gasteiger partial charge on any atom is 0.308 e. The van der Waals surface area contributed by atoms with Crippen molar-refractivity contribution >= 4 is 11.9 Å². The van der Waals surface area contributed by atoms with E-state index in [2.05, 4.69) is 20.1 Å². The van der Waals surface area contributed by atoms with Gasteiger partial charge in [-0.15, -0.1) is 0 Å². The minimum atomic E-state index is -1.93. The molecule has 3 saturated heterocycles. The normalized spacial score (nSPS) is 37.4. The third-order valence-corrected chi connectivity index (χ3v) is 10.5. The summed E-state index contributed by atoms with van der Waals surface area (Å²) in [6, 6.07) is 0. The summed E-state index contributed by atoms with van der Waals surface area (Å²) in [5.74, 6) is -2.94. The van der Waals surface area contributed by atoms with Gasteiger partial charge in [-0.2, -0.15) is 0 Å². The average molecular weight is 691 g/mol. The van der Waals surface area contributed by atoms with Gasteiger partial charge >= 0.3 is 11.9 Å². The molecule has 4 aliphatic heterocycles. The van der Waals surface area contributed by atoms with Crippen molar-refractivity contribution in [3.8, 4) is 0 Å². The summed E-state index contributed by atoms with van der Waals surface area (Å²) < 4.78 is 31.0. The zero-order chi connectivity index (χ0) is 35.8. The molecule has 49 heavy (non-hydrogen) atoms. The Labute approximate surface area is 293 Å². The van der Waals surface area contributed by atoms with Gasteiger partial charge in [0, 0.05) is 31.1 Å². The molecule has 0 aliphatic carbocycles. The summed E-state index contributed by atoms with van der Waals surface area (Å²) in [7, 11) is 0. The number of fused-ring (bicyclic) bond motifs is 6. The fourth-order valence-corrected chi connectivity index (χ4v) is 7.70. The second-order valence-corrected chi connectivity index (χ2v) is 15.6. The fourth-order valence-electron chi connectivity index (χ4n) is 7.70. The van der Waals surface area contributed by atoms with E-state index >= 15 is 0 Å². The van der Waals surface area contributed by atoms with E-state index in [0.717, 1.165) is 43.3 Å². The Balaban J connectivity index is 1.60. The van der Waals surface area contributed by atoms with Crippen LogP contribution in [0.5, 0.6) is 0 Å². The van der Waals surface area contributed by atoms with E-state index in [1.165, 1.54) is 6.92 Å². The first kappa shape index (κ1) is 39.7. The van der Waals surface area contributed by atoms with Gasteiger partial charge < -0.3 is 39.0 Å². The number of hydrogen-bond donors (Lipinski definition) is 3. The zero-order valence-corrected chi connectivity index (χ0v) is 30.3. The number of unbranched alkanes of at least 4 members (excludes halogenated alkanes) is 4. The van der Waals surface area contributed by atoms with Crippen molar-refractivity contribution < 1.29 is 48.6 Å². The van der Waals surface area contributed by atoms with Crippen molar-refractivity contribution in [2.24, 2.45) is 5.41 Å². The Morgan fingerprint density at radius 2 is 1.59 bits per heavy atom. The van der Waals surface area contributed by atoms with Crippen LogP contribution < -0.4 is 0 Å². The minimum Gasteiger partial charge on any atom is -0.459 e. The highest BCUT2D eigenvalue weighted by atomic mass is 16.7. The van der Waals surface area contributed by atoms with Crippen LogP contribution in [-0.4, -0.2) is 88.0 Å². The topological polar surface area (TPSA) is 141 Å². The van der Waals surface area contributed by atoms with Gasteiger partial charge in [0.15, 0.2) is 6.10 Å². The molecule has 0 radical (unpaired) electrons. The molecule has 10 nitrogen and oxygen atoms in total. The molecule has 6 bridgehead atoms. The third-order valence-electron chi connectivity index (χ3n) is 10.5. The Hall–Kier alpha value is -2.08. The molecule has 0 unspecified atom stereocenters. The number of esters is 2. The van der Waals surface area contributed by atoms with Crippen molar-refractivity contribution in [2.75, 3.05) is 0 Å². The van der Waals surface area contributed by atoms with Crippen LogP contribution in [0.2, 0.25) is 0 Å². The quantitative estimate of drug-likeness (QED) is 0.154. The van der Waals surface area contributed by atoms with Crippen molar-refractivity contribution in [2.45, 2.75) is 191 Å². The van der Waals surface area contributed by atoms with E-state index in [1.54, 1.807) is 0 Å². The molecule has 0 saturated carbocycles. The summed E-state index contributed by atoms with van der Waals surface area (Å²) in [6.07, 6.45) is 7.79. The molecule has 0 aromatic heterocycles. The molecule has 4 heterocycles. The number of cyclic esters (lactones) is 1. The summed E-state index contributed by atoms with van der Waals surface area (Å²) in [6.45, 7) is 15.9. The smallest absolute Gasteiger partial charge is 0.308 e. The van der Waals surface area contributed by atoms with Crippen molar-refractivity contribution in [3.63, 3.8) is 0 Å². The van der Waals surface area contributed by atoms with E-state index in [0.29, 0.717) is 44.9 Å². The van der Waals surface area contributed by atoms with E-state index in [1.807, 2.05) is 26.0 Å². The van der Waals surface area contributed by atoms with Crippen LogP contribution in [0.3, 0.4) is 0 Å². The second kappa shape index (κ2) is 17.9. The monoisotopic (exact) mass is 690 g/mol. The number of rotatable bonds is 8. The zero-order valence-electron chi connectivity index (χ0n) is 30.3. The molecule has 0 aromatic carbocycles. The van der Waals surface area contributed by atoms with E-state index in [4.69, 9.17) is 23.7 Å². The molecule has 3 fully saturated rings. The molecule has 4 rings (SSSR count). The number of carbonyl (C=O) groups excluding carboxylic acids is 2. The van der Waals surface area contributed by atoms with Gasteiger partial charge in [0.1, 0.15) is 6.10 Å². The maximum absolute atomic E-state index is 13.0. The third kappa shape index (κ3) is 11.5. The highest BCUT2D eigenvalue weighted by Crippen LogP contribution is 2.45. The number of ether oxygens (including phenoxy) is 5. The van der Waals surface area contributed by atoms with Crippen LogP contribution in [0.15, 0.2) is 36.5 Å². The van der Waals surface area contributed by atoms with Crippen molar-refractivity contribution in [3.05, 3.63) is 36.5 Å². The lowest BCUT2D eigenvalue weighted by Crippen LogP contribution is -2.61. The Bertz CT molecular complexity index is 1160. The van der Waals surface area contributed by atoms with Crippen molar-refractivity contribution in [1.29, 1.82) is 0 Å². The van der Waals surface area contributed by atoms with Crippen LogP contribution in [0.4, 0.5) is 0 Å². The lowest BCUT2D eigenvalue weighted by Gasteiger charge is -2.50. The van der Waals surface area contributed by atoms with Gasteiger partial charge in [0.05, 0.1) is 49.1 Å². The lowest BCUT2D eigenvalue weighted by molar-refractivity contribution is -0.341. The van der Waals surface area contributed by atoms with Crippen molar-refractivity contribution in [1.82, 2.24) is 0 Å². The van der Waals surface area contributed by atoms with E-state index in [9.17, 15) is 24.9 Å². The maximum atomic E-state index is 13.0. The predicted molar refractivity (Wildman–Crippen MR) is 185 cm³/mol. The molecule has 0 aromatic rings. The molecule has 4 aliphatic rings. The van der Waals surface area contributed by atoms with Gasteiger partial charge in [-0.3, -0.25) is 9.59 Å². The van der Waals surface area contributed by atoms with Gasteiger partial charge in [0.25, 0.3) is 0 Å². The van der Waals surface area contributed by atoms with Crippen LogP contribution in [0, 0.1) is 5.41 Å². The first-order chi connectivity index (χ1) is 23.2. The standard InChI is InChI=1S/C39H62O10/c1-7-8-9-10-11-12-36(42)48-35-14-13-30-24-34(27(4)40)47-37(43)22-28(41)21-31-18-26(3)20-33(46-31)23-32-19-25(2)17-29(45-32)15-16-38(5,6)39(35,44)49-30/h15-16,27-35,40-41,44H,2-3,7-14,17-24H2,1,4-6H3/b16-15+/t27-,28-,29+,30+,31+,32+,33-,34-,35+,39-/m1/s1.